The largest absolute Gasteiger partial charge is 0.394 e. The van der Waals surface area contributed by atoms with Gasteiger partial charge < -0.3 is 10.4 Å². The van der Waals surface area contributed by atoms with Crippen LogP contribution in [0.3, 0.4) is 0 Å². The molecule has 0 aromatic carbocycles. The minimum Gasteiger partial charge on any atom is -0.394 e. The predicted molar refractivity (Wildman–Crippen MR) is 56.8 cm³/mol. The number of rotatable bonds is 7. The molecule has 0 heterocycles. The SMILES string of the molecule is CCSCCCNC(C)(C)CO. The first-order valence-electron chi connectivity index (χ1n) is 4.56. The summed E-state index contributed by atoms with van der Waals surface area (Å²) in [6.45, 7) is 7.41. The van der Waals surface area contributed by atoms with E-state index in [0.29, 0.717) is 0 Å². The van der Waals surface area contributed by atoms with E-state index in [1.165, 1.54) is 17.9 Å². The molecule has 0 radical (unpaired) electrons. The third-order valence-electron chi connectivity index (χ3n) is 1.67. The van der Waals surface area contributed by atoms with Crippen LogP contribution in [0, 0.1) is 0 Å². The summed E-state index contributed by atoms with van der Waals surface area (Å²) in [5, 5.41) is 12.2. The van der Waals surface area contributed by atoms with Gasteiger partial charge in [0.25, 0.3) is 0 Å². The van der Waals surface area contributed by atoms with Crippen molar-refractivity contribution in [2.24, 2.45) is 0 Å². The van der Waals surface area contributed by atoms with Crippen LogP contribution in [0.25, 0.3) is 0 Å². The van der Waals surface area contributed by atoms with Gasteiger partial charge in [0.15, 0.2) is 0 Å². The molecule has 0 rings (SSSR count). The van der Waals surface area contributed by atoms with Crippen LogP contribution in [-0.2, 0) is 0 Å². The van der Waals surface area contributed by atoms with E-state index in [-0.39, 0.29) is 12.1 Å². The lowest BCUT2D eigenvalue weighted by atomic mass is 10.1. The molecule has 0 bridgehead atoms. The van der Waals surface area contributed by atoms with Crippen molar-refractivity contribution in [3.8, 4) is 0 Å². The van der Waals surface area contributed by atoms with Gasteiger partial charge in [-0.2, -0.15) is 11.8 Å². The third-order valence-corrected chi connectivity index (χ3v) is 2.65. The van der Waals surface area contributed by atoms with Crippen LogP contribution in [0.5, 0.6) is 0 Å². The highest BCUT2D eigenvalue weighted by Crippen LogP contribution is 2.02. The van der Waals surface area contributed by atoms with Gasteiger partial charge in [0, 0.05) is 5.54 Å². The summed E-state index contributed by atoms with van der Waals surface area (Å²) < 4.78 is 0. The van der Waals surface area contributed by atoms with E-state index in [1.54, 1.807) is 0 Å². The molecule has 0 spiro atoms. The molecule has 0 aromatic rings. The lowest BCUT2D eigenvalue weighted by molar-refractivity contribution is 0.189. The second kappa shape index (κ2) is 6.75. The summed E-state index contributed by atoms with van der Waals surface area (Å²) in [5.41, 5.74) is -0.114. The van der Waals surface area contributed by atoms with Gasteiger partial charge in [-0.25, -0.2) is 0 Å². The predicted octanol–water partition coefficient (Wildman–Crippen LogP) is 1.49. The van der Waals surface area contributed by atoms with E-state index in [0.717, 1.165) is 6.54 Å². The Hall–Kier alpha value is 0.270. The van der Waals surface area contributed by atoms with Crippen molar-refractivity contribution in [2.45, 2.75) is 32.7 Å². The van der Waals surface area contributed by atoms with E-state index in [9.17, 15) is 0 Å². The summed E-state index contributed by atoms with van der Waals surface area (Å²) >= 11 is 1.96. The normalized spacial score (nSPS) is 12.0. The third kappa shape index (κ3) is 6.95. The second-order valence-electron chi connectivity index (χ2n) is 3.52. The number of hydrogen-bond acceptors (Lipinski definition) is 3. The minimum atomic E-state index is -0.114. The average Bonchev–Trinajstić information content (AvgIpc) is 2.04. The monoisotopic (exact) mass is 191 g/mol. The van der Waals surface area contributed by atoms with Gasteiger partial charge in [-0.05, 0) is 38.3 Å². The maximum absolute atomic E-state index is 8.93. The fourth-order valence-corrected chi connectivity index (χ4v) is 1.44. The van der Waals surface area contributed by atoms with Crippen LogP contribution < -0.4 is 5.32 Å². The highest BCUT2D eigenvalue weighted by atomic mass is 32.2. The fourth-order valence-electron chi connectivity index (χ4n) is 0.801. The second-order valence-corrected chi connectivity index (χ2v) is 4.91. The molecule has 0 aliphatic rings. The standard InChI is InChI=1S/C9H21NOS/c1-4-12-7-5-6-10-9(2,3)8-11/h10-11H,4-8H2,1-3H3. The topological polar surface area (TPSA) is 32.3 Å². The minimum absolute atomic E-state index is 0.114. The van der Waals surface area contributed by atoms with E-state index in [4.69, 9.17) is 5.11 Å². The van der Waals surface area contributed by atoms with E-state index >= 15 is 0 Å². The van der Waals surface area contributed by atoms with Crippen LogP contribution in [0.2, 0.25) is 0 Å². The Labute approximate surface area is 80.1 Å². The van der Waals surface area contributed by atoms with E-state index < -0.39 is 0 Å². The zero-order chi connectivity index (χ0) is 9.45. The Kier molecular flexibility index (Phi) is 6.90. The van der Waals surface area contributed by atoms with Gasteiger partial charge >= 0.3 is 0 Å². The van der Waals surface area contributed by atoms with Crippen LogP contribution in [0.1, 0.15) is 27.2 Å². The molecule has 0 atom stereocenters. The summed E-state index contributed by atoms with van der Waals surface area (Å²) in [7, 11) is 0. The highest BCUT2D eigenvalue weighted by molar-refractivity contribution is 7.99. The molecule has 0 aromatic heterocycles. The van der Waals surface area contributed by atoms with Crippen molar-refractivity contribution in [3.05, 3.63) is 0 Å². The summed E-state index contributed by atoms with van der Waals surface area (Å²) in [5.74, 6) is 2.41. The lowest BCUT2D eigenvalue weighted by Gasteiger charge is -2.23. The molecule has 74 valence electrons. The van der Waals surface area contributed by atoms with Gasteiger partial charge in [0.1, 0.15) is 0 Å². The van der Waals surface area contributed by atoms with Crippen molar-refractivity contribution >= 4 is 11.8 Å². The summed E-state index contributed by atoms with van der Waals surface area (Å²) in [4.78, 5) is 0. The molecule has 0 fully saturated rings. The molecule has 0 aliphatic carbocycles. The smallest absolute Gasteiger partial charge is 0.0607 e. The van der Waals surface area contributed by atoms with Crippen molar-refractivity contribution in [1.82, 2.24) is 5.32 Å². The summed E-state index contributed by atoms with van der Waals surface area (Å²) in [6, 6.07) is 0. The number of thioether (sulfide) groups is 1. The molecule has 2 N–H and O–H groups in total. The molecule has 3 heteroatoms. The Morgan fingerprint density at radius 2 is 2.08 bits per heavy atom. The Balaban J connectivity index is 3.19. The zero-order valence-electron chi connectivity index (χ0n) is 8.39. The molecule has 0 unspecified atom stereocenters. The first-order valence-corrected chi connectivity index (χ1v) is 5.71. The molecule has 0 saturated carbocycles. The molecular weight excluding hydrogens is 170 g/mol. The Morgan fingerprint density at radius 1 is 1.42 bits per heavy atom. The molecular formula is C9H21NOS. The Bertz CT molecular complexity index is 107. The lowest BCUT2D eigenvalue weighted by Crippen LogP contribution is -2.43. The van der Waals surface area contributed by atoms with Crippen LogP contribution in [-0.4, -0.2) is 35.3 Å². The maximum Gasteiger partial charge on any atom is 0.0607 e. The van der Waals surface area contributed by atoms with Gasteiger partial charge in [0.2, 0.25) is 0 Å². The van der Waals surface area contributed by atoms with Crippen LogP contribution in [0.4, 0.5) is 0 Å². The van der Waals surface area contributed by atoms with Gasteiger partial charge in [-0.1, -0.05) is 6.92 Å². The quantitative estimate of drug-likeness (QED) is 0.598. The zero-order valence-corrected chi connectivity index (χ0v) is 9.21. The molecule has 12 heavy (non-hydrogen) atoms. The first kappa shape index (κ1) is 12.3. The average molecular weight is 191 g/mol. The summed E-state index contributed by atoms with van der Waals surface area (Å²) in [6.07, 6.45) is 1.18. The van der Waals surface area contributed by atoms with E-state index in [1.807, 2.05) is 25.6 Å². The van der Waals surface area contributed by atoms with Gasteiger partial charge in [-0.15, -0.1) is 0 Å². The fraction of sp³-hybridized carbons (Fsp3) is 1.00. The number of nitrogens with one attached hydrogen (secondary N) is 1. The van der Waals surface area contributed by atoms with Crippen LogP contribution >= 0.6 is 11.8 Å². The molecule has 0 aliphatic heterocycles. The molecule has 0 saturated heterocycles. The van der Waals surface area contributed by atoms with Crippen molar-refractivity contribution < 1.29 is 5.11 Å². The Morgan fingerprint density at radius 3 is 2.58 bits per heavy atom. The van der Waals surface area contributed by atoms with Gasteiger partial charge in [0.05, 0.1) is 6.61 Å². The van der Waals surface area contributed by atoms with Crippen molar-refractivity contribution in [3.63, 3.8) is 0 Å². The highest BCUT2D eigenvalue weighted by Gasteiger charge is 2.13. The number of aliphatic hydroxyl groups excluding tert-OH is 1. The maximum atomic E-state index is 8.93. The number of aliphatic hydroxyl groups is 1. The van der Waals surface area contributed by atoms with E-state index in [2.05, 4.69) is 12.2 Å². The van der Waals surface area contributed by atoms with Crippen LogP contribution in [0.15, 0.2) is 0 Å². The van der Waals surface area contributed by atoms with Gasteiger partial charge in [-0.3, -0.25) is 0 Å². The van der Waals surface area contributed by atoms with Crippen molar-refractivity contribution in [1.29, 1.82) is 0 Å². The van der Waals surface area contributed by atoms with Crippen molar-refractivity contribution in [2.75, 3.05) is 24.7 Å². The first-order chi connectivity index (χ1) is 5.62. The molecule has 0 amide bonds. The molecule has 2 nitrogen and oxygen atoms in total. The number of hydrogen-bond donors (Lipinski definition) is 2.